The molecule has 0 aliphatic carbocycles. The number of methoxy groups -OCH3 is 1. The van der Waals surface area contributed by atoms with Crippen molar-refractivity contribution in [3.05, 3.63) is 58.1 Å². The minimum absolute atomic E-state index is 0.233. The molecule has 1 heterocycles. The maximum atomic E-state index is 11.7. The smallest absolute Gasteiger partial charge is 0.239 e. The molecular formula is C20H17BrN3O5S-. The predicted molar refractivity (Wildman–Crippen MR) is 116 cm³/mol. The van der Waals surface area contributed by atoms with Crippen LogP contribution in [0.5, 0.6) is 11.5 Å². The Hall–Kier alpha value is -2.85. The van der Waals surface area contributed by atoms with E-state index in [1.54, 1.807) is 19.2 Å². The number of aliphatic carboxylic acids is 1. The zero-order valence-electron chi connectivity index (χ0n) is 15.8. The molecular weight excluding hydrogens is 474 g/mol. The second-order valence-electron chi connectivity index (χ2n) is 6.13. The fourth-order valence-electron chi connectivity index (χ4n) is 2.57. The average Bonchev–Trinajstić information content (AvgIpc) is 3.06. The van der Waals surface area contributed by atoms with Gasteiger partial charge in [-0.2, -0.15) is 5.10 Å². The van der Waals surface area contributed by atoms with E-state index in [-0.39, 0.29) is 11.6 Å². The molecule has 1 N–H and O–H groups in total. The SMILES string of the molecule is COc1cc(/C=N\N=C2\NC(=O)[C@H](CC(=O)[O-])S2)cc(Br)c1OCc1ccccc1. The zero-order valence-corrected chi connectivity index (χ0v) is 18.2. The molecule has 0 saturated carbocycles. The molecule has 156 valence electrons. The van der Waals surface area contributed by atoms with Crippen molar-refractivity contribution in [1.82, 2.24) is 5.32 Å². The van der Waals surface area contributed by atoms with Crippen molar-refractivity contribution < 1.29 is 24.2 Å². The number of carboxylic acid groups (broad SMARTS) is 1. The first-order valence-electron chi connectivity index (χ1n) is 8.79. The fraction of sp³-hybridized carbons (Fsp3) is 0.200. The van der Waals surface area contributed by atoms with Gasteiger partial charge < -0.3 is 24.7 Å². The number of halogens is 1. The summed E-state index contributed by atoms with van der Waals surface area (Å²) in [7, 11) is 1.54. The maximum absolute atomic E-state index is 11.7. The molecule has 1 saturated heterocycles. The van der Waals surface area contributed by atoms with Crippen molar-refractivity contribution in [1.29, 1.82) is 0 Å². The summed E-state index contributed by atoms with van der Waals surface area (Å²) in [5.41, 5.74) is 1.72. The molecule has 1 fully saturated rings. The molecule has 0 radical (unpaired) electrons. The zero-order chi connectivity index (χ0) is 21.5. The summed E-state index contributed by atoms with van der Waals surface area (Å²) in [6.45, 7) is 0.390. The Kier molecular flexibility index (Phi) is 7.47. The van der Waals surface area contributed by atoms with Crippen molar-refractivity contribution in [2.45, 2.75) is 18.3 Å². The first kappa shape index (κ1) is 21.8. The summed E-state index contributed by atoms with van der Waals surface area (Å²) in [4.78, 5) is 22.3. The van der Waals surface area contributed by atoms with Gasteiger partial charge in [0.2, 0.25) is 5.91 Å². The number of nitrogens with zero attached hydrogens (tertiary/aromatic N) is 2. The molecule has 0 aromatic heterocycles. The number of carboxylic acids is 1. The monoisotopic (exact) mass is 490 g/mol. The second-order valence-corrected chi connectivity index (χ2v) is 8.18. The molecule has 3 rings (SSSR count). The number of carbonyl (C=O) groups excluding carboxylic acids is 2. The highest BCUT2D eigenvalue weighted by Gasteiger charge is 2.30. The Morgan fingerprint density at radius 2 is 2.10 bits per heavy atom. The number of amidine groups is 1. The normalized spacial score (nSPS) is 17.3. The van der Waals surface area contributed by atoms with Gasteiger partial charge in [-0.25, -0.2) is 0 Å². The van der Waals surface area contributed by atoms with Gasteiger partial charge in [-0.15, -0.1) is 5.10 Å². The lowest BCUT2D eigenvalue weighted by atomic mass is 10.2. The largest absolute Gasteiger partial charge is 0.550 e. The Morgan fingerprint density at radius 3 is 2.80 bits per heavy atom. The minimum atomic E-state index is -1.29. The van der Waals surface area contributed by atoms with Gasteiger partial charge >= 0.3 is 0 Å². The van der Waals surface area contributed by atoms with E-state index in [1.165, 1.54) is 6.21 Å². The Labute approximate surface area is 185 Å². The molecule has 0 bridgehead atoms. The van der Waals surface area contributed by atoms with Crippen molar-refractivity contribution in [2.75, 3.05) is 7.11 Å². The number of nitrogens with one attached hydrogen (secondary N) is 1. The van der Waals surface area contributed by atoms with Crippen molar-refractivity contribution >= 4 is 51.0 Å². The van der Waals surface area contributed by atoms with Crippen LogP contribution in [0.15, 0.2) is 57.1 Å². The standard InChI is InChI=1S/C20H18BrN3O5S/c1-28-15-8-13(7-14(21)18(15)29-11-12-5-3-2-4-6-12)10-22-24-20-23-19(27)16(30-20)9-17(25)26/h2-8,10,16H,9,11H2,1H3,(H,25,26)(H,23,24,27)/p-1/b22-10-/t16-/m0/s1. The number of ether oxygens (including phenoxy) is 2. The van der Waals surface area contributed by atoms with Crippen LogP contribution in [-0.2, 0) is 16.2 Å². The van der Waals surface area contributed by atoms with E-state index >= 15 is 0 Å². The van der Waals surface area contributed by atoms with Crippen LogP contribution in [0.2, 0.25) is 0 Å². The number of hydrogen-bond acceptors (Lipinski definition) is 8. The predicted octanol–water partition coefficient (Wildman–Crippen LogP) is 2.10. The quantitative estimate of drug-likeness (QED) is 0.447. The summed E-state index contributed by atoms with van der Waals surface area (Å²) < 4.78 is 12.0. The molecule has 2 aromatic rings. The third-order valence-corrected chi connectivity index (χ3v) is 5.62. The second kappa shape index (κ2) is 10.3. The highest BCUT2D eigenvalue weighted by Crippen LogP contribution is 2.37. The summed E-state index contributed by atoms with van der Waals surface area (Å²) in [6, 6.07) is 13.3. The van der Waals surface area contributed by atoms with E-state index in [9.17, 15) is 14.7 Å². The van der Waals surface area contributed by atoms with Crippen LogP contribution in [-0.4, -0.2) is 35.6 Å². The minimum Gasteiger partial charge on any atom is -0.550 e. The van der Waals surface area contributed by atoms with Crippen LogP contribution >= 0.6 is 27.7 Å². The Morgan fingerprint density at radius 1 is 1.33 bits per heavy atom. The number of amides is 1. The van der Waals surface area contributed by atoms with Gasteiger partial charge in [-0.05, 0) is 39.2 Å². The van der Waals surface area contributed by atoms with Crippen LogP contribution in [0.4, 0.5) is 0 Å². The van der Waals surface area contributed by atoms with E-state index in [4.69, 9.17) is 9.47 Å². The number of thioether (sulfide) groups is 1. The molecule has 0 unspecified atom stereocenters. The topological polar surface area (TPSA) is 112 Å². The van der Waals surface area contributed by atoms with Crippen molar-refractivity contribution in [3.63, 3.8) is 0 Å². The summed E-state index contributed by atoms with van der Waals surface area (Å²) >= 11 is 4.48. The first-order valence-corrected chi connectivity index (χ1v) is 10.5. The molecule has 1 amide bonds. The lowest BCUT2D eigenvalue weighted by Gasteiger charge is -2.13. The maximum Gasteiger partial charge on any atom is 0.239 e. The van der Waals surface area contributed by atoms with Gasteiger partial charge in [0.25, 0.3) is 0 Å². The van der Waals surface area contributed by atoms with Gasteiger partial charge in [-0.1, -0.05) is 42.1 Å². The van der Waals surface area contributed by atoms with Crippen LogP contribution in [0.3, 0.4) is 0 Å². The van der Waals surface area contributed by atoms with Crippen LogP contribution in [0, 0.1) is 0 Å². The van der Waals surface area contributed by atoms with Gasteiger partial charge in [0, 0.05) is 12.4 Å². The van der Waals surface area contributed by atoms with Crippen LogP contribution in [0.25, 0.3) is 0 Å². The van der Waals surface area contributed by atoms with E-state index < -0.39 is 17.1 Å². The van der Waals surface area contributed by atoms with E-state index in [2.05, 4.69) is 31.4 Å². The number of hydrogen-bond donors (Lipinski definition) is 1. The third-order valence-electron chi connectivity index (χ3n) is 3.96. The molecule has 30 heavy (non-hydrogen) atoms. The lowest BCUT2D eigenvalue weighted by Crippen LogP contribution is -2.31. The summed E-state index contributed by atoms with van der Waals surface area (Å²) in [6.07, 6.45) is 1.11. The fourth-order valence-corrected chi connectivity index (χ4v) is 4.05. The number of benzene rings is 2. The highest BCUT2D eigenvalue weighted by atomic mass is 79.9. The van der Waals surface area contributed by atoms with Gasteiger partial charge in [0.15, 0.2) is 16.7 Å². The Balaban J connectivity index is 1.69. The molecule has 10 heteroatoms. The molecule has 2 aromatic carbocycles. The summed E-state index contributed by atoms with van der Waals surface area (Å²) in [5, 5.41) is 20.5. The molecule has 1 atom stereocenters. The highest BCUT2D eigenvalue weighted by molar-refractivity contribution is 9.10. The van der Waals surface area contributed by atoms with Crippen LogP contribution in [0.1, 0.15) is 17.5 Å². The number of carbonyl (C=O) groups is 2. The number of rotatable bonds is 8. The third kappa shape index (κ3) is 5.83. The van der Waals surface area contributed by atoms with Crippen molar-refractivity contribution in [3.8, 4) is 11.5 Å². The lowest BCUT2D eigenvalue weighted by molar-refractivity contribution is -0.305. The molecule has 1 aliphatic heterocycles. The van der Waals surface area contributed by atoms with Crippen molar-refractivity contribution in [2.24, 2.45) is 10.2 Å². The van der Waals surface area contributed by atoms with Gasteiger partial charge in [-0.3, -0.25) is 4.79 Å². The van der Waals surface area contributed by atoms with Crippen LogP contribution < -0.4 is 19.9 Å². The van der Waals surface area contributed by atoms with E-state index in [1.807, 2.05) is 30.3 Å². The first-order chi connectivity index (χ1) is 14.5. The Bertz CT molecular complexity index is 997. The summed E-state index contributed by atoms with van der Waals surface area (Å²) in [5.74, 6) is -0.637. The average molecular weight is 491 g/mol. The van der Waals surface area contributed by atoms with E-state index in [0.29, 0.717) is 28.1 Å². The molecule has 1 aliphatic rings. The van der Waals surface area contributed by atoms with Gasteiger partial charge in [0.05, 0.1) is 23.0 Å². The van der Waals surface area contributed by atoms with E-state index in [0.717, 1.165) is 17.3 Å². The molecule has 8 nitrogen and oxygen atoms in total. The molecule has 0 spiro atoms. The van der Waals surface area contributed by atoms with Gasteiger partial charge in [0.1, 0.15) is 6.61 Å².